The van der Waals surface area contributed by atoms with E-state index in [0.29, 0.717) is 0 Å². The summed E-state index contributed by atoms with van der Waals surface area (Å²) in [5.41, 5.74) is 0. The second kappa shape index (κ2) is 5.75. The van der Waals surface area contributed by atoms with E-state index >= 15 is 0 Å². The van der Waals surface area contributed by atoms with Crippen LogP contribution >= 0.6 is 12.6 Å². The van der Waals surface area contributed by atoms with Crippen LogP contribution in [0.4, 0.5) is 0 Å². The first-order chi connectivity index (χ1) is 7.02. The molecule has 1 N–H and O–H groups in total. The van der Waals surface area contributed by atoms with Crippen molar-refractivity contribution in [3.05, 3.63) is 0 Å². The van der Waals surface area contributed by atoms with Crippen LogP contribution in [0.15, 0.2) is 0 Å². The van der Waals surface area contributed by atoms with Crippen molar-refractivity contribution >= 4 is 18.5 Å². The third kappa shape index (κ3) is 4.43. The lowest BCUT2D eigenvalue weighted by atomic mass is 10.1. The summed E-state index contributed by atoms with van der Waals surface area (Å²) in [4.78, 5) is 13.9. The molecule has 0 aromatic carbocycles. The Balaban J connectivity index is 2.10. The molecule has 88 valence electrons. The summed E-state index contributed by atoms with van der Waals surface area (Å²) in [6.07, 6.45) is 2.62. The van der Waals surface area contributed by atoms with Crippen molar-refractivity contribution < 1.29 is 4.79 Å². The van der Waals surface area contributed by atoms with Gasteiger partial charge in [-0.2, -0.15) is 12.6 Å². The topological polar surface area (TPSA) is 32.3 Å². The van der Waals surface area contributed by atoms with Crippen LogP contribution in [0.1, 0.15) is 26.7 Å². The summed E-state index contributed by atoms with van der Waals surface area (Å²) >= 11 is 4.27. The van der Waals surface area contributed by atoms with Crippen LogP contribution in [0.2, 0.25) is 0 Å². The standard InChI is InChI=1S/C11H22N2OS/c1-8(2)10(15)11(14)12-6-7-13(3)9-4-5-9/h8-10,15H,4-7H2,1-3H3,(H,12,14). The van der Waals surface area contributed by atoms with E-state index in [-0.39, 0.29) is 17.1 Å². The molecule has 1 unspecified atom stereocenters. The molecule has 1 aliphatic rings. The lowest BCUT2D eigenvalue weighted by Gasteiger charge is -2.18. The molecule has 0 aromatic heterocycles. The fraction of sp³-hybridized carbons (Fsp3) is 0.909. The SMILES string of the molecule is CC(C)C(S)C(=O)NCCN(C)C1CC1. The van der Waals surface area contributed by atoms with Gasteiger partial charge in [-0.1, -0.05) is 13.8 Å². The molecule has 15 heavy (non-hydrogen) atoms. The fourth-order valence-corrected chi connectivity index (χ4v) is 1.55. The zero-order valence-electron chi connectivity index (χ0n) is 9.86. The number of carbonyl (C=O) groups is 1. The maximum absolute atomic E-state index is 11.5. The molecule has 1 fully saturated rings. The van der Waals surface area contributed by atoms with Gasteiger partial charge in [0.1, 0.15) is 0 Å². The van der Waals surface area contributed by atoms with E-state index in [2.05, 4.69) is 29.9 Å². The minimum atomic E-state index is -0.184. The molecule has 3 nitrogen and oxygen atoms in total. The molecule has 1 atom stereocenters. The summed E-state index contributed by atoms with van der Waals surface area (Å²) in [6.45, 7) is 5.69. The average Bonchev–Trinajstić information content (AvgIpc) is 2.99. The Morgan fingerprint density at radius 1 is 1.53 bits per heavy atom. The molecule has 1 rings (SSSR count). The number of likely N-dealkylation sites (N-methyl/N-ethyl adjacent to an activating group) is 1. The first kappa shape index (κ1) is 12.8. The number of thiol groups is 1. The predicted octanol–water partition coefficient (Wildman–Crippen LogP) is 1.15. The molecule has 0 bridgehead atoms. The van der Waals surface area contributed by atoms with E-state index in [9.17, 15) is 4.79 Å². The highest BCUT2D eigenvalue weighted by Crippen LogP contribution is 2.24. The van der Waals surface area contributed by atoms with Gasteiger partial charge in [0, 0.05) is 19.1 Å². The molecule has 0 saturated heterocycles. The maximum Gasteiger partial charge on any atom is 0.233 e. The van der Waals surface area contributed by atoms with Gasteiger partial charge in [0.05, 0.1) is 5.25 Å². The largest absolute Gasteiger partial charge is 0.354 e. The number of hydrogen-bond donors (Lipinski definition) is 2. The number of nitrogens with zero attached hydrogens (tertiary/aromatic N) is 1. The number of rotatable bonds is 6. The lowest BCUT2D eigenvalue weighted by Crippen LogP contribution is -2.39. The summed E-state index contributed by atoms with van der Waals surface area (Å²) in [5.74, 6) is 0.340. The van der Waals surface area contributed by atoms with Gasteiger partial charge in [-0.25, -0.2) is 0 Å². The zero-order chi connectivity index (χ0) is 11.4. The summed E-state index contributed by atoms with van der Waals surface area (Å²) in [7, 11) is 2.12. The second-order valence-corrected chi connectivity index (χ2v) is 5.25. The van der Waals surface area contributed by atoms with E-state index < -0.39 is 0 Å². The van der Waals surface area contributed by atoms with Crippen molar-refractivity contribution in [1.82, 2.24) is 10.2 Å². The molecule has 0 aliphatic heterocycles. The Morgan fingerprint density at radius 3 is 2.60 bits per heavy atom. The third-order valence-corrected chi connectivity index (χ3v) is 3.66. The summed E-state index contributed by atoms with van der Waals surface area (Å²) in [5, 5.41) is 2.74. The molecule has 0 spiro atoms. The predicted molar refractivity (Wildman–Crippen MR) is 66.3 cm³/mol. The smallest absolute Gasteiger partial charge is 0.233 e. The Kier molecular flexibility index (Phi) is 4.93. The van der Waals surface area contributed by atoms with Crippen LogP contribution in [-0.2, 0) is 4.79 Å². The Bertz CT molecular complexity index is 217. The Labute approximate surface area is 98.0 Å². The first-order valence-electron chi connectivity index (χ1n) is 5.68. The van der Waals surface area contributed by atoms with Gasteiger partial charge in [-0.05, 0) is 25.8 Å². The van der Waals surface area contributed by atoms with Crippen LogP contribution in [0, 0.1) is 5.92 Å². The van der Waals surface area contributed by atoms with Gasteiger partial charge in [0.15, 0.2) is 0 Å². The number of carbonyl (C=O) groups excluding carboxylic acids is 1. The van der Waals surface area contributed by atoms with Crippen molar-refractivity contribution in [2.24, 2.45) is 5.92 Å². The van der Waals surface area contributed by atoms with Gasteiger partial charge < -0.3 is 10.2 Å². The third-order valence-electron chi connectivity index (χ3n) is 2.83. The van der Waals surface area contributed by atoms with Crippen LogP contribution in [-0.4, -0.2) is 42.2 Å². The van der Waals surface area contributed by atoms with Gasteiger partial charge in [-0.15, -0.1) is 0 Å². The molecule has 0 aromatic rings. The van der Waals surface area contributed by atoms with Crippen molar-refractivity contribution in [1.29, 1.82) is 0 Å². The van der Waals surface area contributed by atoms with E-state index in [1.807, 2.05) is 13.8 Å². The van der Waals surface area contributed by atoms with Gasteiger partial charge in [0.25, 0.3) is 0 Å². The first-order valence-corrected chi connectivity index (χ1v) is 6.20. The normalized spacial score (nSPS) is 18.3. The van der Waals surface area contributed by atoms with Crippen molar-refractivity contribution in [3.8, 4) is 0 Å². The van der Waals surface area contributed by atoms with Crippen LogP contribution in [0.3, 0.4) is 0 Å². The van der Waals surface area contributed by atoms with Crippen molar-refractivity contribution in [2.45, 2.75) is 38.0 Å². The zero-order valence-corrected chi connectivity index (χ0v) is 10.8. The molecular weight excluding hydrogens is 208 g/mol. The van der Waals surface area contributed by atoms with Crippen LogP contribution in [0.5, 0.6) is 0 Å². The number of nitrogens with one attached hydrogen (secondary N) is 1. The van der Waals surface area contributed by atoms with E-state index in [1.54, 1.807) is 0 Å². The minimum Gasteiger partial charge on any atom is -0.354 e. The minimum absolute atomic E-state index is 0.0533. The second-order valence-electron chi connectivity index (χ2n) is 4.69. The number of hydrogen-bond acceptors (Lipinski definition) is 3. The highest BCUT2D eigenvalue weighted by molar-refractivity contribution is 7.81. The molecule has 1 amide bonds. The molecule has 1 saturated carbocycles. The fourth-order valence-electron chi connectivity index (χ4n) is 1.46. The van der Waals surface area contributed by atoms with Crippen LogP contribution in [0.25, 0.3) is 0 Å². The monoisotopic (exact) mass is 230 g/mol. The Hall–Kier alpha value is -0.220. The quantitative estimate of drug-likeness (QED) is 0.671. The average molecular weight is 230 g/mol. The summed E-state index contributed by atoms with van der Waals surface area (Å²) < 4.78 is 0. The highest BCUT2D eigenvalue weighted by atomic mass is 32.1. The Morgan fingerprint density at radius 2 is 2.13 bits per heavy atom. The lowest BCUT2D eigenvalue weighted by molar-refractivity contribution is -0.121. The highest BCUT2D eigenvalue weighted by Gasteiger charge is 2.25. The molecule has 0 heterocycles. The van der Waals surface area contributed by atoms with Crippen molar-refractivity contribution in [2.75, 3.05) is 20.1 Å². The van der Waals surface area contributed by atoms with Crippen LogP contribution < -0.4 is 5.32 Å². The number of amides is 1. The van der Waals surface area contributed by atoms with E-state index in [1.165, 1.54) is 12.8 Å². The molecule has 0 radical (unpaired) electrons. The summed E-state index contributed by atoms with van der Waals surface area (Å²) in [6, 6.07) is 0.763. The molecule has 1 aliphatic carbocycles. The van der Waals surface area contributed by atoms with Gasteiger partial charge in [-0.3, -0.25) is 4.79 Å². The molecular formula is C11H22N2OS. The van der Waals surface area contributed by atoms with E-state index in [4.69, 9.17) is 0 Å². The maximum atomic E-state index is 11.5. The van der Waals surface area contributed by atoms with Gasteiger partial charge in [0.2, 0.25) is 5.91 Å². The molecule has 4 heteroatoms. The van der Waals surface area contributed by atoms with Gasteiger partial charge >= 0.3 is 0 Å². The van der Waals surface area contributed by atoms with Crippen molar-refractivity contribution in [3.63, 3.8) is 0 Å². The van der Waals surface area contributed by atoms with E-state index in [0.717, 1.165) is 19.1 Å².